The van der Waals surface area contributed by atoms with Crippen molar-refractivity contribution in [1.82, 2.24) is 15.2 Å². The van der Waals surface area contributed by atoms with Gasteiger partial charge in [-0.05, 0) is 40.5 Å². The minimum Gasteiger partial charge on any atom is -0.314 e. The topological polar surface area (TPSA) is 44.5 Å². The molecule has 0 bridgehead atoms. The minimum atomic E-state index is 0.0945. The third kappa shape index (κ3) is 2.65. The van der Waals surface area contributed by atoms with E-state index in [4.69, 9.17) is 5.84 Å². The van der Waals surface area contributed by atoms with Gasteiger partial charge in [-0.15, -0.1) is 0 Å². The van der Waals surface area contributed by atoms with Gasteiger partial charge in [-0.25, -0.2) is 5.01 Å². The van der Waals surface area contributed by atoms with Crippen LogP contribution in [0.2, 0.25) is 0 Å². The summed E-state index contributed by atoms with van der Waals surface area (Å²) in [7, 11) is 0. The number of hydrogen-bond donors (Lipinski definition) is 2. The van der Waals surface area contributed by atoms with Crippen LogP contribution in [0.1, 0.15) is 40.5 Å². The van der Waals surface area contributed by atoms with Gasteiger partial charge >= 0.3 is 0 Å². The van der Waals surface area contributed by atoms with Gasteiger partial charge in [-0.3, -0.25) is 10.7 Å². The number of piperazine rings is 1. The molecule has 2 aliphatic rings. The van der Waals surface area contributed by atoms with E-state index in [1.807, 2.05) is 0 Å². The maximum atomic E-state index is 6.28. The zero-order chi connectivity index (χ0) is 12.7. The van der Waals surface area contributed by atoms with Crippen molar-refractivity contribution in [2.75, 3.05) is 26.2 Å². The lowest BCUT2D eigenvalue weighted by Gasteiger charge is -2.55. The van der Waals surface area contributed by atoms with E-state index >= 15 is 0 Å². The van der Waals surface area contributed by atoms with Crippen LogP contribution in [-0.4, -0.2) is 53.2 Å². The molecule has 0 aromatic rings. The maximum Gasteiger partial charge on any atom is 0.0316 e. The first-order valence-corrected chi connectivity index (χ1v) is 6.83. The van der Waals surface area contributed by atoms with Crippen molar-refractivity contribution in [3.05, 3.63) is 0 Å². The standard InChI is InChI=1S/C13H28N4/c1-12(2)9-11(10-13(3,4)17(12)14)16-7-5-15-6-8-16/h11,15H,5-10,14H2,1-4H3. The van der Waals surface area contributed by atoms with Crippen LogP contribution in [-0.2, 0) is 0 Å². The zero-order valence-electron chi connectivity index (χ0n) is 11.8. The Balaban J connectivity index is 2.09. The van der Waals surface area contributed by atoms with Gasteiger partial charge < -0.3 is 5.32 Å². The van der Waals surface area contributed by atoms with Gasteiger partial charge in [-0.2, -0.15) is 0 Å². The summed E-state index contributed by atoms with van der Waals surface area (Å²) >= 11 is 0. The van der Waals surface area contributed by atoms with Crippen LogP contribution >= 0.6 is 0 Å². The summed E-state index contributed by atoms with van der Waals surface area (Å²) in [5.41, 5.74) is 0.189. The first-order chi connectivity index (χ1) is 7.83. The summed E-state index contributed by atoms with van der Waals surface area (Å²) in [4.78, 5) is 2.65. The zero-order valence-corrected chi connectivity index (χ0v) is 11.8. The van der Waals surface area contributed by atoms with Crippen LogP contribution in [0.3, 0.4) is 0 Å². The number of nitrogens with two attached hydrogens (primary N) is 1. The fourth-order valence-electron chi connectivity index (χ4n) is 3.55. The maximum absolute atomic E-state index is 6.28. The molecule has 0 aliphatic carbocycles. The predicted molar refractivity (Wildman–Crippen MR) is 71.6 cm³/mol. The molecule has 4 nitrogen and oxygen atoms in total. The number of hydrogen-bond acceptors (Lipinski definition) is 4. The molecule has 2 fully saturated rings. The lowest BCUT2D eigenvalue weighted by molar-refractivity contribution is -0.0684. The molecule has 0 radical (unpaired) electrons. The average Bonchev–Trinajstić information content (AvgIpc) is 2.26. The highest BCUT2D eigenvalue weighted by atomic mass is 15.5. The van der Waals surface area contributed by atoms with E-state index in [0.29, 0.717) is 6.04 Å². The normalized spacial score (nSPS) is 31.6. The Morgan fingerprint density at radius 3 is 1.94 bits per heavy atom. The summed E-state index contributed by atoms with van der Waals surface area (Å²) in [6.45, 7) is 13.7. The quantitative estimate of drug-likeness (QED) is 0.665. The van der Waals surface area contributed by atoms with E-state index in [1.54, 1.807) is 0 Å². The third-order valence-corrected chi connectivity index (χ3v) is 4.44. The highest BCUT2D eigenvalue weighted by molar-refractivity contribution is 5.01. The average molecular weight is 240 g/mol. The SMILES string of the molecule is CC1(C)CC(N2CCNCC2)CC(C)(C)N1N. The van der Waals surface area contributed by atoms with Crippen LogP contribution < -0.4 is 11.2 Å². The largest absolute Gasteiger partial charge is 0.314 e. The predicted octanol–water partition coefficient (Wildman–Crippen LogP) is 0.787. The molecule has 0 saturated carbocycles. The van der Waals surface area contributed by atoms with Crippen molar-refractivity contribution in [3.63, 3.8) is 0 Å². The minimum absolute atomic E-state index is 0.0945. The molecule has 4 heteroatoms. The number of nitrogens with one attached hydrogen (secondary N) is 1. The fraction of sp³-hybridized carbons (Fsp3) is 1.00. The van der Waals surface area contributed by atoms with Crippen molar-refractivity contribution in [1.29, 1.82) is 0 Å². The molecule has 2 aliphatic heterocycles. The van der Waals surface area contributed by atoms with E-state index in [9.17, 15) is 0 Å². The summed E-state index contributed by atoms with van der Waals surface area (Å²) in [5, 5.41) is 5.50. The summed E-state index contributed by atoms with van der Waals surface area (Å²) < 4.78 is 0. The molecule has 0 aromatic carbocycles. The number of hydrazine groups is 1. The van der Waals surface area contributed by atoms with Gasteiger partial charge in [0, 0.05) is 43.3 Å². The molecule has 0 aromatic heterocycles. The molecule has 100 valence electrons. The van der Waals surface area contributed by atoms with Crippen LogP contribution in [0.25, 0.3) is 0 Å². The van der Waals surface area contributed by atoms with Crippen LogP contribution in [0.5, 0.6) is 0 Å². The van der Waals surface area contributed by atoms with Gasteiger partial charge in [0.2, 0.25) is 0 Å². The van der Waals surface area contributed by atoms with E-state index < -0.39 is 0 Å². The van der Waals surface area contributed by atoms with Gasteiger partial charge in [0.25, 0.3) is 0 Å². The number of nitrogens with zero attached hydrogens (tertiary/aromatic N) is 2. The van der Waals surface area contributed by atoms with Crippen molar-refractivity contribution in [3.8, 4) is 0 Å². The van der Waals surface area contributed by atoms with Crippen LogP contribution in [0, 0.1) is 0 Å². The first kappa shape index (κ1) is 13.3. The Labute approximate surface area is 105 Å². The molecule has 2 saturated heterocycles. The monoisotopic (exact) mass is 240 g/mol. The van der Waals surface area contributed by atoms with Crippen molar-refractivity contribution in [2.24, 2.45) is 5.84 Å². The molecule has 3 N–H and O–H groups in total. The Morgan fingerprint density at radius 1 is 1.00 bits per heavy atom. The highest BCUT2D eigenvalue weighted by Gasteiger charge is 2.45. The number of piperidine rings is 1. The molecule has 0 amide bonds. The molecule has 2 rings (SSSR count). The smallest absolute Gasteiger partial charge is 0.0316 e. The van der Waals surface area contributed by atoms with Gasteiger partial charge in [0.05, 0.1) is 0 Å². The third-order valence-electron chi connectivity index (χ3n) is 4.44. The van der Waals surface area contributed by atoms with Gasteiger partial charge in [0.15, 0.2) is 0 Å². The van der Waals surface area contributed by atoms with Crippen LogP contribution in [0.15, 0.2) is 0 Å². The van der Waals surface area contributed by atoms with E-state index in [1.165, 1.54) is 25.9 Å². The lowest BCUT2D eigenvalue weighted by atomic mass is 9.78. The molecular formula is C13H28N4. The van der Waals surface area contributed by atoms with E-state index in [-0.39, 0.29) is 11.1 Å². The van der Waals surface area contributed by atoms with Gasteiger partial charge in [-0.1, -0.05) is 0 Å². The van der Waals surface area contributed by atoms with Crippen LogP contribution in [0.4, 0.5) is 0 Å². The van der Waals surface area contributed by atoms with Crippen molar-refractivity contribution < 1.29 is 0 Å². The highest BCUT2D eigenvalue weighted by Crippen LogP contribution is 2.37. The number of rotatable bonds is 1. The molecule has 2 heterocycles. The Hall–Kier alpha value is -0.160. The second-order valence-electron chi connectivity index (χ2n) is 6.84. The molecule has 0 unspecified atom stereocenters. The Bertz CT molecular complexity index is 251. The molecule has 17 heavy (non-hydrogen) atoms. The molecule has 0 atom stereocenters. The summed E-state index contributed by atoms with van der Waals surface area (Å²) in [6.07, 6.45) is 2.35. The summed E-state index contributed by atoms with van der Waals surface area (Å²) in [5.74, 6) is 6.28. The molecular weight excluding hydrogens is 212 g/mol. The second-order valence-corrected chi connectivity index (χ2v) is 6.84. The van der Waals surface area contributed by atoms with E-state index in [2.05, 4.69) is 42.9 Å². The summed E-state index contributed by atoms with van der Waals surface area (Å²) in [6, 6.07) is 0.682. The Morgan fingerprint density at radius 2 is 1.47 bits per heavy atom. The van der Waals surface area contributed by atoms with Crippen molar-refractivity contribution >= 4 is 0 Å². The van der Waals surface area contributed by atoms with Gasteiger partial charge in [0.1, 0.15) is 0 Å². The second kappa shape index (κ2) is 4.50. The fourth-order valence-corrected chi connectivity index (χ4v) is 3.55. The lowest BCUT2D eigenvalue weighted by Crippen LogP contribution is -2.67. The van der Waals surface area contributed by atoms with Crippen molar-refractivity contribution in [2.45, 2.75) is 57.7 Å². The molecule has 0 spiro atoms. The van der Waals surface area contributed by atoms with E-state index in [0.717, 1.165) is 13.1 Å². The first-order valence-electron chi connectivity index (χ1n) is 6.83. The Kier molecular flexibility index (Phi) is 3.51.